The molecule has 3 rings (SSSR count). The van der Waals surface area contributed by atoms with Crippen molar-refractivity contribution >= 4 is 11.0 Å². The van der Waals surface area contributed by atoms with Crippen molar-refractivity contribution in [3.05, 3.63) is 29.6 Å². The summed E-state index contributed by atoms with van der Waals surface area (Å²) in [5, 5.41) is 18.6. The Kier molecular flexibility index (Phi) is 2.17. The Morgan fingerprint density at radius 3 is 2.88 bits per heavy atom. The van der Waals surface area contributed by atoms with E-state index in [-0.39, 0.29) is 0 Å². The van der Waals surface area contributed by atoms with Crippen molar-refractivity contribution in [2.45, 2.75) is 31.9 Å². The van der Waals surface area contributed by atoms with Crippen LogP contribution in [0.4, 0.5) is 0 Å². The van der Waals surface area contributed by atoms with Gasteiger partial charge < -0.3 is 9.67 Å². The molecule has 1 aliphatic rings. The number of fused-ring (bicyclic) bond motifs is 1. The zero-order chi connectivity index (χ0) is 12.0. The summed E-state index contributed by atoms with van der Waals surface area (Å²) in [6.07, 6.45) is 1.71. The zero-order valence-electron chi connectivity index (χ0n) is 9.59. The Labute approximate surface area is 99.1 Å². The van der Waals surface area contributed by atoms with Crippen molar-refractivity contribution in [2.24, 2.45) is 0 Å². The van der Waals surface area contributed by atoms with Gasteiger partial charge in [0.2, 0.25) is 0 Å². The lowest BCUT2D eigenvalue weighted by Gasteiger charge is -2.08. The molecule has 1 atom stereocenters. The molecule has 1 fully saturated rings. The minimum atomic E-state index is -0.575. The van der Waals surface area contributed by atoms with Crippen LogP contribution in [0.3, 0.4) is 0 Å². The van der Waals surface area contributed by atoms with Crippen LogP contribution in [0.1, 0.15) is 43.3 Å². The first-order valence-corrected chi connectivity index (χ1v) is 5.80. The third kappa shape index (κ3) is 1.60. The van der Waals surface area contributed by atoms with Crippen LogP contribution in [0.5, 0.6) is 0 Å². The average Bonchev–Trinajstić information content (AvgIpc) is 3.08. The summed E-state index contributed by atoms with van der Waals surface area (Å²) in [7, 11) is 0. The number of imidazole rings is 1. The van der Waals surface area contributed by atoms with Crippen LogP contribution in [-0.2, 0) is 0 Å². The fourth-order valence-corrected chi connectivity index (χ4v) is 2.20. The molecule has 0 aliphatic heterocycles. The van der Waals surface area contributed by atoms with Gasteiger partial charge in [-0.05, 0) is 38.0 Å². The molecule has 0 saturated heterocycles. The SMILES string of the molecule is C[C@@H](O)c1nc2cc(C#N)ccc2n1C1CC1. The largest absolute Gasteiger partial charge is 0.385 e. The van der Waals surface area contributed by atoms with Gasteiger partial charge in [-0.3, -0.25) is 0 Å². The van der Waals surface area contributed by atoms with Gasteiger partial charge in [-0.25, -0.2) is 4.98 Å². The van der Waals surface area contributed by atoms with E-state index in [1.54, 1.807) is 19.1 Å². The Balaban J connectivity index is 2.27. The van der Waals surface area contributed by atoms with Crippen molar-refractivity contribution in [1.82, 2.24) is 9.55 Å². The monoisotopic (exact) mass is 227 g/mol. The van der Waals surface area contributed by atoms with Gasteiger partial charge in [0.05, 0.1) is 22.7 Å². The standard InChI is InChI=1S/C13H13N3O/c1-8(17)13-15-11-6-9(7-14)2-5-12(11)16(13)10-3-4-10/h2,5-6,8,10,17H,3-4H2,1H3/t8-/m1/s1. The van der Waals surface area contributed by atoms with E-state index >= 15 is 0 Å². The molecule has 0 radical (unpaired) electrons. The Hall–Kier alpha value is -1.86. The van der Waals surface area contributed by atoms with Gasteiger partial charge >= 0.3 is 0 Å². The lowest BCUT2D eigenvalue weighted by molar-refractivity contribution is 0.184. The summed E-state index contributed by atoms with van der Waals surface area (Å²) in [5.74, 6) is 0.706. The van der Waals surface area contributed by atoms with Crippen LogP contribution in [0.2, 0.25) is 0 Å². The van der Waals surface area contributed by atoms with Crippen molar-refractivity contribution in [1.29, 1.82) is 5.26 Å². The minimum Gasteiger partial charge on any atom is -0.385 e. The van der Waals surface area contributed by atoms with Gasteiger partial charge in [-0.15, -0.1) is 0 Å². The van der Waals surface area contributed by atoms with Crippen molar-refractivity contribution in [3.63, 3.8) is 0 Å². The highest BCUT2D eigenvalue weighted by atomic mass is 16.3. The van der Waals surface area contributed by atoms with E-state index in [0.29, 0.717) is 17.4 Å². The van der Waals surface area contributed by atoms with Crippen LogP contribution in [-0.4, -0.2) is 14.7 Å². The van der Waals surface area contributed by atoms with Gasteiger partial charge in [-0.2, -0.15) is 5.26 Å². The number of rotatable bonds is 2. The van der Waals surface area contributed by atoms with Gasteiger partial charge in [0.15, 0.2) is 0 Å². The molecule has 1 aliphatic carbocycles. The van der Waals surface area contributed by atoms with E-state index in [1.807, 2.05) is 6.07 Å². The van der Waals surface area contributed by atoms with E-state index in [2.05, 4.69) is 15.6 Å². The summed E-state index contributed by atoms with van der Waals surface area (Å²) >= 11 is 0. The molecule has 4 heteroatoms. The second-order valence-electron chi connectivity index (χ2n) is 4.56. The summed E-state index contributed by atoms with van der Waals surface area (Å²) in [6, 6.07) is 8.08. The predicted octanol–water partition coefficient (Wildman–Crippen LogP) is 2.30. The summed E-state index contributed by atoms with van der Waals surface area (Å²) in [5.41, 5.74) is 2.42. The number of nitriles is 1. The van der Waals surface area contributed by atoms with Crippen LogP contribution in [0, 0.1) is 11.3 Å². The third-order valence-electron chi connectivity index (χ3n) is 3.13. The molecule has 0 unspecified atom stereocenters. The smallest absolute Gasteiger partial charge is 0.138 e. The molecular weight excluding hydrogens is 214 g/mol. The zero-order valence-corrected chi connectivity index (χ0v) is 9.59. The van der Waals surface area contributed by atoms with E-state index in [9.17, 15) is 5.11 Å². The van der Waals surface area contributed by atoms with Gasteiger partial charge in [0.1, 0.15) is 11.9 Å². The van der Waals surface area contributed by atoms with Crippen LogP contribution < -0.4 is 0 Å². The molecule has 0 amide bonds. The first kappa shape index (κ1) is 10.3. The minimum absolute atomic E-state index is 0.470. The number of benzene rings is 1. The number of hydrogen-bond acceptors (Lipinski definition) is 3. The van der Waals surface area contributed by atoms with E-state index in [0.717, 1.165) is 23.9 Å². The third-order valence-corrected chi connectivity index (χ3v) is 3.13. The van der Waals surface area contributed by atoms with Gasteiger partial charge in [0, 0.05) is 6.04 Å². The number of aliphatic hydroxyl groups is 1. The molecule has 17 heavy (non-hydrogen) atoms. The number of hydrogen-bond donors (Lipinski definition) is 1. The molecule has 1 N–H and O–H groups in total. The molecule has 2 aromatic rings. The first-order valence-electron chi connectivity index (χ1n) is 5.80. The highest BCUT2D eigenvalue weighted by Gasteiger charge is 2.29. The molecule has 1 saturated carbocycles. The average molecular weight is 227 g/mol. The molecule has 0 bridgehead atoms. The maximum Gasteiger partial charge on any atom is 0.138 e. The van der Waals surface area contributed by atoms with E-state index in [4.69, 9.17) is 5.26 Å². The van der Waals surface area contributed by atoms with Gasteiger partial charge in [0.25, 0.3) is 0 Å². The maximum atomic E-state index is 9.76. The Bertz CT molecular complexity index is 617. The summed E-state index contributed by atoms with van der Waals surface area (Å²) in [4.78, 5) is 4.44. The molecule has 86 valence electrons. The fraction of sp³-hybridized carbons (Fsp3) is 0.385. The second-order valence-corrected chi connectivity index (χ2v) is 4.56. The Morgan fingerprint density at radius 1 is 1.53 bits per heavy atom. The molecule has 0 spiro atoms. The molecular formula is C13H13N3O. The number of aromatic nitrogens is 2. The summed E-state index contributed by atoms with van der Waals surface area (Å²) < 4.78 is 2.11. The van der Waals surface area contributed by atoms with Crippen molar-refractivity contribution in [3.8, 4) is 6.07 Å². The van der Waals surface area contributed by atoms with Crippen LogP contribution >= 0.6 is 0 Å². The predicted molar refractivity (Wildman–Crippen MR) is 63.4 cm³/mol. The normalized spacial score (nSPS) is 17.0. The number of nitrogens with zero attached hydrogens (tertiary/aromatic N) is 3. The van der Waals surface area contributed by atoms with E-state index in [1.165, 1.54) is 0 Å². The van der Waals surface area contributed by atoms with Crippen LogP contribution in [0.25, 0.3) is 11.0 Å². The summed E-state index contributed by atoms with van der Waals surface area (Å²) in [6.45, 7) is 1.73. The quantitative estimate of drug-likeness (QED) is 0.856. The molecule has 4 nitrogen and oxygen atoms in total. The molecule has 1 aromatic carbocycles. The lowest BCUT2D eigenvalue weighted by Crippen LogP contribution is -2.04. The highest BCUT2D eigenvalue weighted by Crippen LogP contribution is 2.39. The second kappa shape index (κ2) is 3.57. The van der Waals surface area contributed by atoms with Gasteiger partial charge in [-0.1, -0.05) is 0 Å². The number of aliphatic hydroxyl groups excluding tert-OH is 1. The first-order chi connectivity index (χ1) is 8.20. The Morgan fingerprint density at radius 2 is 2.29 bits per heavy atom. The van der Waals surface area contributed by atoms with Crippen molar-refractivity contribution < 1.29 is 5.11 Å². The molecule has 1 aromatic heterocycles. The molecule has 1 heterocycles. The van der Waals surface area contributed by atoms with Crippen LogP contribution in [0.15, 0.2) is 18.2 Å². The maximum absolute atomic E-state index is 9.76. The lowest BCUT2D eigenvalue weighted by atomic mass is 10.2. The fourth-order valence-electron chi connectivity index (χ4n) is 2.20. The van der Waals surface area contributed by atoms with Crippen molar-refractivity contribution in [2.75, 3.05) is 0 Å². The van der Waals surface area contributed by atoms with E-state index < -0.39 is 6.10 Å². The highest BCUT2D eigenvalue weighted by molar-refractivity contribution is 5.78. The topological polar surface area (TPSA) is 61.8 Å².